The van der Waals surface area contributed by atoms with Crippen LogP contribution < -0.4 is 29.6 Å². The topological polar surface area (TPSA) is 57.2 Å². The molecule has 0 unspecified atom stereocenters. The monoisotopic (exact) mass is 352 g/mol. The summed E-state index contributed by atoms with van der Waals surface area (Å²) in [4.78, 5) is 0. The second kappa shape index (κ2) is 6.18. The molecule has 0 radical (unpaired) electrons. The summed E-state index contributed by atoms with van der Waals surface area (Å²) in [5.41, 5.74) is 0. The molecule has 0 heterocycles. The van der Waals surface area contributed by atoms with Crippen molar-refractivity contribution in [3.63, 3.8) is 0 Å². The van der Waals surface area contributed by atoms with Crippen molar-refractivity contribution in [3.05, 3.63) is 0 Å². The number of rotatable bonds is 5. The van der Waals surface area contributed by atoms with Crippen LogP contribution in [0.5, 0.6) is 0 Å². The van der Waals surface area contributed by atoms with E-state index in [1.54, 1.807) is 0 Å². The average molecular weight is 352 g/mol. The van der Waals surface area contributed by atoms with Gasteiger partial charge in [0, 0.05) is 12.2 Å². The number of alkyl halides is 9. The first-order valence-electron chi connectivity index (χ1n) is 4.09. The van der Waals surface area contributed by atoms with E-state index in [9.17, 15) is 52.5 Å². The van der Waals surface area contributed by atoms with Gasteiger partial charge in [-0.15, -0.1) is 0 Å². The predicted octanol–water partition coefficient (Wildman–Crippen LogP) is -0.606. The van der Waals surface area contributed by atoms with Gasteiger partial charge >= 0.3 is 53.5 Å². The summed E-state index contributed by atoms with van der Waals surface area (Å²) in [6, 6.07) is 0. The minimum Gasteiger partial charge on any atom is -0.748 e. The molecular weight excluding hydrogens is 348 g/mol. The van der Waals surface area contributed by atoms with Crippen molar-refractivity contribution >= 4 is 10.1 Å². The zero-order valence-electron chi connectivity index (χ0n) is 9.45. The Labute approximate surface area is 128 Å². The van der Waals surface area contributed by atoms with E-state index >= 15 is 0 Å². The Kier molecular flexibility index (Phi) is 6.97. The maximum absolute atomic E-state index is 12.6. The molecule has 0 rings (SSSR count). The van der Waals surface area contributed by atoms with Gasteiger partial charge < -0.3 is 4.55 Å². The molecule has 0 fully saturated rings. The minimum absolute atomic E-state index is 0. The number of hydrogen-bond acceptors (Lipinski definition) is 3. The molecule has 3 nitrogen and oxygen atoms in total. The molecule has 0 bridgehead atoms. The molecule has 0 aromatic rings. The Morgan fingerprint density at radius 1 is 0.800 bits per heavy atom. The average Bonchev–Trinajstić information content (AvgIpc) is 2.11. The van der Waals surface area contributed by atoms with E-state index in [4.69, 9.17) is 0 Å². The van der Waals surface area contributed by atoms with E-state index in [1.807, 2.05) is 0 Å². The molecule has 0 N–H and O–H groups in total. The molecule has 14 heteroatoms. The van der Waals surface area contributed by atoms with Gasteiger partial charge in [-0.05, 0) is 0 Å². The maximum atomic E-state index is 12.6. The van der Waals surface area contributed by atoms with E-state index in [2.05, 4.69) is 0 Å². The van der Waals surface area contributed by atoms with Crippen molar-refractivity contribution in [1.82, 2.24) is 0 Å². The molecular formula is C6H4F9NaO3S. The first-order valence-corrected chi connectivity index (χ1v) is 5.67. The summed E-state index contributed by atoms with van der Waals surface area (Å²) in [5.74, 6) is -22.2. The smallest absolute Gasteiger partial charge is 0.748 e. The van der Waals surface area contributed by atoms with Crippen LogP contribution in [0, 0.1) is 0 Å². The van der Waals surface area contributed by atoms with Crippen LogP contribution in [0.15, 0.2) is 0 Å². The normalized spacial score (nSPS) is 14.9. The van der Waals surface area contributed by atoms with Crippen molar-refractivity contribution in [2.24, 2.45) is 0 Å². The summed E-state index contributed by atoms with van der Waals surface area (Å²) in [7, 11) is -5.49. The van der Waals surface area contributed by atoms with Gasteiger partial charge in [-0.25, -0.2) is 8.42 Å². The maximum Gasteiger partial charge on any atom is 1.00 e. The second-order valence-electron chi connectivity index (χ2n) is 3.36. The van der Waals surface area contributed by atoms with Crippen molar-refractivity contribution < 1.29 is 82.0 Å². The van der Waals surface area contributed by atoms with Gasteiger partial charge in [-0.2, -0.15) is 39.5 Å². The van der Waals surface area contributed by atoms with Gasteiger partial charge in [0.15, 0.2) is 0 Å². The molecule has 0 aliphatic heterocycles. The SMILES string of the molecule is O=S(=O)([O-])[13CH2][13CH2]C(F)(F)C(F)(F)C(F)(F)C(F)(F)F.[Na+]. The van der Waals surface area contributed by atoms with Gasteiger partial charge in [-0.1, -0.05) is 0 Å². The van der Waals surface area contributed by atoms with Crippen LogP contribution in [-0.2, 0) is 10.1 Å². The minimum atomic E-state index is -7.09. The Morgan fingerprint density at radius 3 is 1.40 bits per heavy atom. The fourth-order valence-corrected chi connectivity index (χ4v) is 1.32. The molecule has 0 aliphatic rings. The zero-order chi connectivity index (χ0) is 15.9. The molecule has 0 aromatic carbocycles. The molecule has 0 aliphatic carbocycles. The fourth-order valence-electron chi connectivity index (χ4n) is 0.818. The largest absolute Gasteiger partial charge is 1.00 e. The van der Waals surface area contributed by atoms with Crippen molar-refractivity contribution in [2.45, 2.75) is 30.4 Å². The van der Waals surface area contributed by atoms with Crippen LogP contribution in [0.25, 0.3) is 0 Å². The van der Waals surface area contributed by atoms with Gasteiger partial charge in [0.05, 0.1) is 10.1 Å². The van der Waals surface area contributed by atoms with Crippen LogP contribution in [0.3, 0.4) is 0 Å². The first-order chi connectivity index (χ1) is 7.96. The summed E-state index contributed by atoms with van der Waals surface area (Å²) in [6.45, 7) is 0. The number of halogens is 9. The van der Waals surface area contributed by atoms with E-state index in [1.165, 1.54) is 0 Å². The summed E-state index contributed by atoms with van der Waals surface area (Å²) in [5, 5.41) is 0. The van der Waals surface area contributed by atoms with Crippen LogP contribution >= 0.6 is 0 Å². The Balaban J connectivity index is 0. The third-order valence-electron chi connectivity index (χ3n) is 1.88. The molecule has 0 aromatic heterocycles. The van der Waals surface area contributed by atoms with Gasteiger partial charge in [0.2, 0.25) is 0 Å². The number of hydrogen-bond donors (Lipinski definition) is 0. The Bertz CT molecular complexity index is 429. The van der Waals surface area contributed by atoms with Crippen molar-refractivity contribution in [1.29, 1.82) is 0 Å². The standard InChI is InChI=1S/C6H5F9O3S.Na/c7-3(8,1-2-19(16,17)18)4(9,10)5(11,12)6(13,14)15;/h1-2H2,(H,16,17,18);/q;+1/p-1/i1+1,2+1;. The third kappa shape index (κ3) is 4.64. The first kappa shape index (κ1) is 22.6. The third-order valence-corrected chi connectivity index (χ3v) is 2.58. The van der Waals surface area contributed by atoms with Gasteiger partial charge in [-0.3, -0.25) is 0 Å². The van der Waals surface area contributed by atoms with E-state index in [0.29, 0.717) is 0 Å². The summed E-state index contributed by atoms with van der Waals surface area (Å²) in [6.07, 6.45) is -9.65. The zero-order valence-corrected chi connectivity index (χ0v) is 12.3. The van der Waals surface area contributed by atoms with E-state index in [-0.39, 0.29) is 29.6 Å². The molecule has 20 heavy (non-hydrogen) atoms. The summed E-state index contributed by atoms with van der Waals surface area (Å²) >= 11 is 0. The molecule has 0 saturated heterocycles. The van der Waals surface area contributed by atoms with E-state index in [0.717, 1.165) is 0 Å². The van der Waals surface area contributed by atoms with Crippen LogP contribution in [0.4, 0.5) is 39.5 Å². The van der Waals surface area contributed by atoms with Crippen LogP contribution in [0.1, 0.15) is 6.42 Å². The van der Waals surface area contributed by atoms with Crippen molar-refractivity contribution in [3.8, 4) is 0 Å². The molecule has 116 valence electrons. The fraction of sp³-hybridized carbons (Fsp3) is 1.00. The molecule has 0 saturated carbocycles. The molecule has 0 spiro atoms. The van der Waals surface area contributed by atoms with E-state index < -0.39 is 46.2 Å². The van der Waals surface area contributed by atoms with Crippen molar-refractivity contribution in [2.75, 3.05) is 5.75 Å². The quantitative estimate of drug-likeness (QED) is 0.287. The second-order valence-corrected chi connectivity index (χ2v) is 4.89. The van der Waals surface area contributed by atoms with Crippen LogP contribution in [0.2, 0.25) is 0 Å². The van der Waals surface area contributed by atoms with Crippen LogP contribution in [-0.4, -0.2) is 42.7 Å². The summed E-state index contributed by atoms with van der Waals surface area (Å²) < 4.78 is 139. The van der Waals surface area contributed by atoms with Gasteiger partial charge in [0.25, 0.3) is 0 Å². The predicted molar refractivity (Wildman–Crippen MR) is 40.1 cm³/mol. The molecule has 0 amide bonds. The van der Waals surface area contributed by atoms with Gasteiger partial charge in [0.1, 0.15) is 0 Å². The molecule has 0 atom stereocenters. The Morgan fingerprint density at radius 2 is 1.15 bits per heavy atom. The Hall–Kier alpha value is 0.280.